The smallest absolute Gasteiger partial charge is 0.255 e. The van der Waals surface area contributed by atoms with Crippen LogP contribution in [0.2, 0.25) is 0 Å². The van der Waals surface area contributed by atoms with E-state index in [1.165, 1.54) is 0 Å². The maximum Gasteiger partial charge on any atom is 0.255 e. The second kappa shape index (κ2) is 5.27. The number of hydrogen-bond acceptors (Lipinski definition) is 3. The van der Waals surface area contributed by atoms with Gasteiger partial charge in [0.1, 0.15) is 0 Å². The molecule has 4 nitrogen and oxygen atoms in total. The first kappa shape index (κ1) is 12.0. The molecule has 0 aliphatic carbocycles. The Morgan fingerprint density at radius 2 is 2.12 bits per heavy atom. The van der Waals surface area contributed by atoms with Crippen molar-refractivity contribution in [3.8, 4) is 0 Å². The van der Waals surface area contributed by atoms with Gasteiger partial charge in [0.15, 0.2) is 0 Å². The highest BCUT2D eigenvalue weighted by atomic mass is 16.2. The highest BCUT2D eigenvalue weighted by Crippen LogP contribution is 2.13. The van der Waals surface area contributed by atoms with Crippen LogP contribution in [0.1, 0.15) is 28.9 Å². The third-order valence-corrected chi connectivity index (χ3v) is 3.34. The van der Waals surface area contributed by atoms with E-state index >= 15 is 0 Å². The fraction of sp³-hybridized carbons (Fsp3) is 0.538. The molecule has 2 heterocycles. The lowest BCUT2D eigenvalue weighted by Gasteiger charge is -2.31. The predicted molar refractivity (Wildman–Crippen MR) is 67.0 cm³/mol. The van der Waals surface area contributed by atoms with Gasteiger partial charge < -0.3 is 10.2 Å². The summed E-state index contributed by atoms with van der Waals surface area (Å²) in [7, 11) is 1.89. The minimum atomic E-state index is 0.0735. The summed E-state index contributed by atoms with van der Waals surface area (Å²) in [6.45, 7) is 3.91. The van der Waals surface area contributed by atoms with Gasteiger partial charge in [0.05, 0.1) is 5.56 Å². The molecule has 1 N–H and O–H groups in total. The zero-order chi connectivity index (χ0) is 12.3. The monoisotopic (exact) mass is 233 g/mol. The van der Waals surface area contributed by atoms with E-state index in [1.807, 2.05) is 31.0 Å². The second-order valence-electron chi connectivity index (χ2n) is 4.59. The molecule has 4 heteroatoms. The standard InChI is InChI=1S/C13H19N3O/c1-10-3-4-11(9-15-10)13(17)16(2)12-5-7-14-8-6-12/h3-4,9,12,14H,5-8H2,1-2H3. The van der Waals surface area contributed by atoms with Gasteiger partial charge in [-0.1, -0.05) is 0 Å². The number of aryl methyl sites for hydroxylation is 1. The molecular formula is C13H19N3O. The van der Waals surface area contributed by atoms with Crippen LogP contribution in [0.25, 0.3) is 0 Å². The first-order valence-electron chi connectivity index (χ1n) is 6.09. The van der Waals surface area contributed by atoms with Crippen molar-refractivity contribution < 1.29 is 4.79 Å². The number of rotatable bonds is 2. The van der Waals surface area contributed by atoms with Crippen LogP contribution in [0.5, 0.6) is 0 Å². The first-order chi connectivity index (χ1) is 8.18. The van der Waals surface area contributed by atoms with Gasteiger partial charge in [-0.25, -0.2) is 0 Å². The van der Waals surface area contributed by atoms with Crippen molar-refractivity contribution in [2.24, 2.45) is 0 Å². The molecule has 2 rings (SSSR count). The molecule has 0 unspecified atom stereocenters. The Labute approximate surface area is 102 Å². The van der Waals surface area contributed by atoms with Gasteiger partial charge in [-0.2, -0.15) is 0 Å². The van der Waals surface area contributed by atoms with Gasteiger partial charge in [0.25, 0.3) is 5.91 Å². The number of carbonyl (C=O) groups excluding carboxylic acids is 1. The molecule has 0 aromatic carbocycles. The summed E-state index contributed by atoms with van der Waals surface area (Å²) in [5.74, 6) is 0.0735. The summed E-state index contributed by atoms with van der Waals surface area (Å²) in [6.07, 6.45) is 3.72. The summed E-state index contributed by atoms with van der Waals surface area (Å²) in [5, 5.41) is 3.31. The number of hydrogen-bond donors (Lipinski definition) is 1. The lowest BCUT2D eigenvalue weighted by atomic mass is 10.0. The fourth-order valence-corrected chi connectivity index (χ4v) is 2.16. The van der Waals surface area contributed by atoms with Gasteiger partial charge in [-0.05, 0) is 45.0 Å². The molecular weight excluding hydrogens is 214 g/mol. The van der Waals surface area contributed by atoms with E-state index in [4.69, 9.17) is 0 Å². The van der Waals surface area contributed by atoms with Crippen LogP contribution in [0.4, 0.5) is 0 Å². The summed E-state index contributed by atoms with van der Waals surface area (Å²) in [4.78, 5) is 18.2. The van der Waals surface area contributed by atoms with Gasteiger partial charge in [0.2, 0.25) is 0 Å². The van der Waals surface area contributed by atoms with Crippen LogP contribution < -0.4 is 5.32 Å². The summed E-state index contributed by atoms with van der Waals surface area (Å²) in [5.41, 5.74) is 1.61. The largest absolute Gasteiger partial charge is 0.339 e. The number of amides is 1. The third kappa shape index (κ3) is 2.82. The molecule has 1 amide bonds. The Morgan fingerprint density at radius 3 is 2.71 bits per heavy atom. The van der Waals surface area contributed by atoms with Gasteiger partial charge in [-0.15, -0.1) is 0 Å². The van der Waals surface area contributed by atoms with Crippen LogP contribution in [0.15, 0.2) is 18.3 Å². The zero-order valence-corrected chi connectivity index (χ0v) is 10.4. The molecule has 0 saturated carbocycles. The Morgan fingerprint density at radius 1 is 1.41 bits per heavy atom. The molecule has 92 valence electrons. The van der Waals surface area contributed by atoms with Gasteiger partial charge in [0, 0.05) is 25.0 Å². The quantitative estimate of drug-likeness (QED) is 0.835. The van der Waals surface area contributed by atoms with E-state index in [2.05, 4.69) is 10.3 Å². The lowest BCUT2D eigenvalue weighted by Crippen LogP contribution is -2.43. The highest BCUT2D eigenvalue weighted by molar-refractivity contribution is 5.93. The minimum Gasteiger partial charge on any atom is -0.339 e. The van der Waals surface area contributed by atoms with Crippen molar-refractivity contribution in [1.29, 1.82) is 0 Å². The molecule has 1 fully saturated rings. The van der Waals surface area contributed by atoms with Crippen molar-refractivity contribution in [2.75, 3.05) is 20.1 Å². The number of piperidine rings is 1. The van der Waals surface area contributed by atoms with E-state index < -0.39 is 0 Å². The summed E-state index contributed by atoms with van der Waals surface area (Å²) >= 11 is 0. The van der Waals surface area contributed by atoms with Crippen molar-refractivity contribution in [3.05, 3.63) is 29.6 Å². The maximum atomic E-state index is 12.2. The van der Waals surface area contributed by atoms with Crippen LogP contribution in [-0.2, 0) is 0 Å². The summed E-state index contributed by atoms with van der Waals surface area (Å²) in [6, 6.07) is 4.08. The van der Waals surface area contributed by atoms with Crippen LogP contribution >= 0.6 is 0 Å². The van der Waals surface area contributed by atoms with E-state index in [0.29, 0.717) is 11.6 Å². The molecule has 1 saturated heterocycles. The first-order valence-corrected chi connectivity index (χ1v) is 6.09. The van der Waals surface area contributed by atoms with E-state index in [0.717, 1.165) is 31.6 Å². The van der Waals surface area contributed by atoms with Gasteiger partial charge >= 0.3 is 0 Å². The fourth-order valence-electron chi connectivity index (χ4n) is 2.16. The zero-order valence-electron chi connectivity index (χ0n) is 10.4. The third-order valence-electron chi connectivity index (χ3n) is 3.34. The van der Waals surface area contributed by atoms with Crippen LogP contribution in [-0.4, -0.2) is 42.0 Å². The molecule has 0 atom stereocenters. The predicted octanol–water partition coefficient (Wildman–Crippen LogP) is 1.21. The average Bonchev–Trinajstić information content (AvgIpc) is 2.39. The van der Waals surface area contributed by atoms with E-state index in [-0.39, 0.29) is 5.91 Å². The van der Waals surface area contributed by atoms with E-state index in [1.54, 1.807) is 6.20 Å². The lowest BCUT2D eigenvalue weighted by molar-refractivity contribution is 0.0703. The molecule has 0 radical (unpaired) electrons. The number of pyridine rings is 1. The Hall–Kier alpha value is -1.42. The van der Waals surface area contributed by atoms with Crippen molar-refractivity contribution in [3.63, 3.8) is 0 Å². The topological polar surface area (TPSA) is 45.2 Å². The number of carbonyl (C=O) groups is 1. The Balaban J connectivity index is 2.05. The van der Waals surface area contributed by atoms with Crippen LogP contribution in [0, 0.1) is 6.92 Å². The highest BCUT2D eigenvalue weighted by Gasteiger charge is 2.22. The molecule has 0 spiro atoms. The molecule has 1 aromatic rings. The van der Waals surface area contributed by atoms with Crippen LogP contribution in [0.3, 0.4) is 0 Å². The minimum absolute atomic E-state index is 0.0735. The number of aromatic nitrogens is 1. The van der Waals surface area contributed by atoms with Gasteiger partial charge in [-0.3, -0.25) is 9.78 Å². The summed E-state index contributed by atoms with van der Waals surface area (Å²) < 4.78 is 0. The van der Waals surface area contributed by atoms with Crippen molar-refractivity contribution >= 4 is 5.91 Å². The molecule has 1 aliphatic heterocycles. The number of nitrogens with zero attached hydrogens (tertiary/aromatic N) is 2. The van der Waals surface area contributed by atoms with E-state index in [9.17, 15) is 4.79 Å². The molecule has 1 aliphatic rings. The normalized spacial score (nSPS) is 16.8. The SMILES string of the molecule is Cc1ccc(C(=O)N(C)C2CCNCC2)cn1. The van der Waals surface area contributed by atoms with Crippen molar-refractivity contribution in [1.82, 2.24) is 15.2 Å². The molecule has 0 bridgehead atoms. The molecule has 1 aromatic heterocycles. The Kier molecular flexibility index (Phi) is 3.74. The second-order valence-corrected chi connectivity index (χ2v) is 4.59. The maximum absolute atomic E-state index is 12.2. The Bertz CT molecular complexity index is 382. The molecule has 17 heavy (non-hydrogen) atoms. The average molecular weight is 233 g/mol. The number of nitrogens with one attached hydrogen (secondary N) is 1. The van der Waals surface area contributed by atoms with Crippen molar-refractivity contribution in [2.45, 2.75) is 25.8 Å².